The second-order valence-corrected chi connectivity index (χ2v) is 12.7. The lowest BCUT2D eigenvalue weighted by atomic mass is 9.96. The number of hydrogen-bond donors (Lipinski definition) is 3. The van der Waals surface area contributed by atoms with Crippen LogP contribution in [0.1, 0.15) is 52.8 Å². The van der Waals surface area contributed by atoms with Gasteiger partial charge in [-0.3, -0.25) is 0 Å². The minimum atomic E-state index is 0.203. The summed E-state index contributed by atoms with van der Waals surface area (Å²) in [5.41, 5.74) is 14.8. The topological polar surface area (TPSA) is 159 Å². The molecule has 0 radical (unpaired) electrons. The molecular weight excluding hydrogens is 620 g/mol. The molecular formula is C33H52N16+2. The summed E-state index contributed by atoms with van der Waals surface area (Å²) in [6.07, 6.45) is 14.2. The molecule has 16 nitrogen and oxygen atoms in total. The van der Waals surface area contributed by atoms with E-state index >= 15 is 0 Å². The van der Waals surface area contributed by atoms with E-state index in [2.05, 4.69) is 117 Å². The Kier molecular flexibility index (Phi) is 11.2. The lowest BCUT2D eigenvalue weighted by Gasteiger charge is -2.32. The molecule has 0 bridgehead atoms. The number of rotatable bonds is 3. The van der Waals surface area contributed by atoms with E-state index in [4.69, 9.17) is 11.1 Å². The molecule has 4 N–H and O–H groups in total. The zero-order valence-corrected chi connectivity index (χ0v) is 30.7. The van der Waals surface area contributed by atoms with Crippen LogP contribution in [0.2, 0.25) is 0 Å². The van der Waals surface area contributed by atoms with E-state index in [0.717, 1.165) is 11.6 Å². The van der Waals surface area contributed by atoms with Crippen molar-refractivity contribution in [3.05, 3.63) is 66.3 Å². The van der Waals surface area contributed by atoms with Crippen LogP contribution in [0.3, 0.4) is 0 Å². The highest BCUT2D eigenvalue weighted by Gasteiger charge is 2.33. The largest absolute Gasteiger partial charge is 0.397 e. The quantitative estimate of drug-likeness (QED) is 0.100. The molecule has 0 saturated heterocycles. The molecule has 6 heterocycles. The van der Waals surface area contributed by atoms with Crippen molar-refractivity contribution >= 4 is 35.9 Å². The average Bonchev–Trinajstić information content (AvgIpc) is 3.91. The van der Waals surface area contributed by atoms with E-state index in [9.17, 15) is 0 Å². The molecule has 0 unspecified atom stereocenters. The summed E-state index contributed by atoms with van der Waals surface area (Å²) < 4.78 is 11.7. The summed E-state index contributed by atoms with van der Waals surface area (Å²) >= 11 is 0. The molecule has 0 saturated carbocycles. The number of allylic oxidation sites excluding steroid dienone is 1. The SMILES string of the molecule is CC(N=[NH2+])=Nc1nc(C)nn1C.CN1C=[N+](C)[C-]2CCCC=C21.C[C-]1[N+](C)=CN(C)C1(C)C.C[n+]1[nH]c2cccn2c1-n1cccc1N=N. The zero-order chi connectivity index (χ0) is 36.0. The van der Waals surface area contributed by atoms with Crippen molar-refractivity contribution < 1.29 is 19.4 Å². The number of aryl methyl sites for hydroxylation is 3. The molecule has 4 aromatic rings. The summed E-state index contributed by atoms with van der Waals surface area (Å²) in [6.45, 7) is 10.1. The van der Waals surface area contributed by atoms with E-state index in [1.165, 1.54) is 37.0 Å². The van der Waals surface area contributed by atoms with Crippen molar-refractivity contribution in [3.8, 4) is 5.95 Å². The Morgan fingerprint density at radius 3 is 2.35 bits per heavy atom. The lowest BCUT2D eigenvalue weighted by Crippen LogP contribution is -2.39. The van der Waals surface area contributed by atoms with E-state index < -0.39 is 0 Å². The molecule has 0 fully saturated rings. The number of amidine groups is 1. The molecule has 7 rings (SSSR count). The van der Waals surface area contributed by atoms with Crippen LogP contribution in [0.15, 0.2) is 63.7 Å². The van der Waals surface area contributed by atoms with Crippen LogP contribution in [0.25, 0.3) is 11.6 Å². The predicted octanol–water partition coefficient (Wildman–Crippen LogP) is 3.06. The molecule has 0 amide bonds. The second kappa shape index (κ2) is 15.1. The van der Waals surface area contributed by atoms with Gasteiger partial charge in [0, 0.05) is 50.0 Å². The van der Waals surface area contributed by atoms with E-state index in [0.29, 0.717) is 23.4 Å². The van der Waals surface area contributed by atoms with Gasteiger partial charge in [0.25, 0.3) is 0 Å². The molecule has 0 atom stereocenters. The predicted molar refractivity (Wildman–Crippen MR) is 188 cm³/mol. The standard InChI is InChI=1S/C10H11N6.C9H14N2.C8H16N2.C6H10N6/c1-14-10(15-6-2-4-8(15)12-11)16-7-3-5-9(16)13-14;1-10-7-11(2)9-6-4-3-5-8(9)10;1-7-8(2,3)10(5)6-9(7)4;1-4(10-7)8-6-9-5(2)11-12(6)3/h2-7,11,13H,1H3;5,7H,3-4,6H2,1-2H3;6H,1-5H3;7H,1-3H3/q+1;;;/p+1. The van der Waals surface area contributed by atoms with Crippen molar-refractivity contribution in [3.63, 3.8) is 0 Å². The molecule has 1 aliphatic carbocycles. The highest BCUT2D eigenvalue weighted by molar-refractivity contribution is 5.81. The van der Waals surface area contributed by atoms with Gasteiger partial charge in [0.2, 0.25) is 17.4 Å². The first kappa shape index (κ1) is 36.3. The maximum Gasteiger partial charge on any atom is 0.394 e. The van der Waals surface area contributed by atoms with Gasteiger partial charge >= 0.3 is 5.95 Å². The Balaban J connectivity index is 0.000000150. The van der Waals surface area contributed by atoms with Gasteiger partial charge in [-0.2, -0.15) is 34.3 Å². The highest BCUT2D eigenvalue weighted by Crippen LogP contribution is 2.31. The van der Waals surface area contributed by atoms with Crippen LogP contribution < -0.4 is 10.2 Å². The first-order valence-electron chi connectivity index (χ1n) is 16.2. The Morgan fingerprint density at radius 1 is 1.08 bits per heavy atom. The van der Waals surface area contributed by atoms with Gasteiger partial charge < -0.3 is 19.0 Å². The maximum atomic E-state index is 7.12. The molecule has 4 aromatic heterocycles. The average molecular weight is 673 g/mol. The Bertz CT molecular complexity index is 1890. The molecule has 3 aliphatic rings. The summed E-state index contributed by atoms with van der Waals surface area (Å²) in [5, 5.41) is 14.1. The summed E-state index contributed by atoms with van der Waals surface area (Å²) in [4.78, 5) is 12.5. The molecule has 16 heteroatoms. The van der Waals surface area contributed by atoms with Crippen LogP contribution in [0, 0.1) is 24.5 Å². The van der Waals surface area contributed by atoms with E-state index in [1.807, 2.05) is 51.3 Å². The lowest BCUT2D eigenvalue weighted by molar-refractivity contribution is -0.721. The summed E-state index contributed by atoms with van der Waals surface area (Å²) in [6, 6.07) is 10.5. The first-order valence-corrected chi connectivity index (χ1v) is 16.2. The second-order valence-electron chi connectivity index (χ2n) is 12.7. The number of aromatic nitrogens is 7. The Hall–Kier alpha value is -5.54. The Labute approximate surface area is 288 Å². The highest BCUT2D eigenvalue weighted by atomic mass is 15.4. The van der Waals surface area contributed by atoms with Crippen molar-refractivity contribution in [2.24, 2.45) is 29.3 Å². The third-order valence-electron chi connectivity index (χ3n) is 8.94. The Morgan fingerprint density at radius 2 is 1.80 bits per heavy atom. The fraction of sp³-hybridized carbons (Fsp3) is 0.455. The van der Waals surface area contributed by atoms with Gasteiger partial charge in [-0.1, -0.05) is 19.8 Å². The zero-order valence-electron chi connectivity index (χ0n) is 30.7. The fourth-order valence-corrected chi connectivity index (χ4v) is 5.74. The van der Waals surface area contributed by atoms with Crippen LogP contribution in [0.5, 0.6) is 0 Å². The van der Waals surface area contributed by atoms with Gasteiger partial charge in [-0.15, -0.1) is 11.2 Å². The normalized spacial score (nSPS) is 16.5. The summed E-state index contributed by atoms with van der Waals surface area (Å²) in [5.74, 6) is 3.19. The maximum absolute atomic E-state index is 7.12. The van der Waals surface area contributed by atoms with Crippen LogP contribution in [-0.4, -0.2) is 100 Å². The molecule has 0 aromatic carbocycles. The number of nitrogens with two attached hydrogens (primary N) is 1. The monoisotopic (exact) mass is 672 g/mol. The third-order valence-corrected chi connectivity index (χ3v) is 8.94. The number of nitrogens with one attached hydrogen (secondary N) is 2. The molecule has 2 aliphatic heterocycles. The summed E-state index contributed by atoms with van der Waals surface area (Å²) in [7, 11) is 12.1. The minimum Gasteiger partial charge on any atom is -0.397 e. The van der Waals surface area contributed by atoms with Gasteiger partial charge in [0.15, 0.2) is 5.84 Å². The first-order chi connectivity index (χ1) is 23.2. The van der Waals surface area contributed by atoms with Crippen molar-refractivity contribution in [2.45, 2.75) is 59.4 Å². The van der Waals surface area contributed by atoms with Crippen molar-refractivity contribution in [1.29, 1.82) is 5.53 Å². The number of nitrogens with zero attached hydrogens (tertiary/aromatic N) is 13. The van der Waals surface area contributed by atoms with Crippen LogP contribution in [0.4, 0.5) is 11.8 Å². The van der Waals surface area contributed by atoms with E-state index in [-0.39, 0.29) is 5.54 Å². The number of likely N-dealkylation sites (N-methyl/N-ethyl adjacent to an activating group) is 4. The number of fused-ring (bicyclic) bond motifs is 2. The van der Waals surface area contributed by atoms with Crippen LogP contribution in [-0.2, 0) is 14.1 Å². The fourth-order valence-electron chi connectivity index (χ4n) is 5.74. The number of aliphatic imine (C=N–C) groups is 1. The van der Waals surface area contributed by atoms with Crippen molar-refractivity contribution in [1.82, 2.24) is 38.6 Å². The van der Waals surface area contributed by atoms with Gasteiger partial charge in [-0.25, -0.2) is 15.3 Å². The van der Waals surface area contributed by atoms with Crippen molar-refractivity contribution in [2.75, 3.05) is 28.2 Å². The number of hydrogen-bond acceptors (Lipinski definition) is 7. The third kappa shape index (κ3) is 7.96. The number of aromatic amines is 1. The molecule has 0 spiro atoms. The van der Waals surface area contributed by atoms with Gasteiger partial charge in [0.1, 0.15) is 12.2 Å². The molecule has 49 heavy (non-hydrogen) atoms. The number of H-pyrrole nitrogens is 1. The van der Waals surface area contributed by atoms with Gasteiger partial charge in [-0.05, 0) is 45.4 Å². The molecule has 262 valence electrons. The van der Waals surface area contributed by atoms with Gasteiger partial charge in [0.05, 0.1) is 52.5 Å². The minimum absolute atomic E-state index is 0.203. The smallest absolute Gasteiger partial charge is 0.394 e. The van der Waals surface area contributed by atoms with Crippen LogP contribution >= 0.6 is 0 Å². The van der Waals surface area contributed by atoms with E-state index in [1.54, 1.807) is 31.6 Å².